The first kappa shape index (κ1) is 20.3. The van der Waals surface area contributed by atoms with Crippen LogP contribution in [0.1, 0.15) is 46.6 Å². The molecule has 0 bridgehead atoms. The average Bonchev–Trinajstić information content (AvgIpc) is 3.09. The molecule has 2 aliphatic heterocycles. The SMILES string of the molecule is C[C@H]1CCCN(C(=O)c2ccc([C@H]3SCC(=O)N3Cc3ccc(Cl)cc3)cc2)C1. The lowest BCUT2D eigenvalue weighted by molar-refractivity contribution is -0.128. The van der Waals surface area contributed by atoms with Crippen LogP contribution in [0.5, 0.6) is 0 Å². The molecule has 0 aromatic heterocycles. The van der Waals surface area contributed by atoms with E-state index in [0.717, 1.165) is 36.2 Å². The lowest BCUT2D eigenvalue weighted by Crippen LogP contribution is -2.39. The molecule has 4 nitrogen and oxygen atoms in total. The molecule has 2 aliphatic rings. The fourth-order valence-electron chi connectivity index (χ4n) is 4.03. The third-order valence-electron chi connectivity index (χ3n) is 5.62. The minimum atomic E-state index is -0.0302. The average molecular weight is 429 g/mol. The van der Waals surface area contributed by atoms with Crippen LogP contribution in [-0.4, -0.2) is 40.5 Å². The topological polar surface area (TPSA) is 40.6 Å². The van der Waals surface area contributed by atoms with Gasteiger partial charge in [0.1, 0.15) is 5.37 Å². The predicted octanol–water partition coefficient (Wildman–Crippen LogP) is 4.99. The summed E-state index contributed by atoms with van der Waals surface area (Å²) in [6.45, 7) is 4.43. The Balaban J connectivity index is 1.47. The number of amides is 2. The highest BCUT2D eigenvalue weighted by Crippen LogP contribution is 2.39. The quantitative estimate of drug-likeness (QED) is 0.689. The monoisotopic (exact) mass is 428 g/mol. The van der Waals surface area contributed by atoms with Gasteiger partial charge in [-0.25, -0.2) is 0 Å². The number of halogens is 1. The molecule has 0 aliphatic carbocycles. The van der Waals surface area contributed by atoms with E-state index < -0.39 is 0 Å². The second kappa shape index (κ2) is 8.80. The smallest absolute Gasteiger partial charge is 0.253 e. The van der Waals surface area contributed by atoms with Gasteiger partial charge in [0.2, 0.25) is 5.91 Å². The normalized spacial score (nSPS) is 22.2. The zero-order valence-corrected chi connectivity index (χ0v) is 18.1. The van der Waals surface area contributed by atoms with Gasteiger partial charge in [0.25, 0.3) is 5.91 Å². The van der Waals surface area contributed by atoms with Gasteiger partial charge in [-0.15, -0.1) is 11.8 Å². The van der Waals surface area contributed by atoms with Crippen molar-refractivity contribution in [3.05, 3.63) is 70.2 Å². The summed E-state index contributed by atoms with van der Waals surface area (Å²) in [6, 6.07) is 15.4. The maximum absolute atomic E-state index is 12.8. The molecular formula is C23H25ClN2O2S. The van der Waals surface area contributed by atoms with Crippen molar-refractivity contribution in [2.45, 2.75) is 31.7 Å². The molecule has 152 valence electrons. The third-order valence-corrected chi connectivity index (χ3v) is 7.13. The minimum absolute atomic E-state index is 0.0302. The van der Waals surface area contributed by atoms with Crippen molar-refractivity contribution >= 4 is 35.2 Å². The molecule has 2 amide bonds. The fraction of sp³-hybridized carbons (Fsp3) is 0.391. The van der Waals surface area contributed by atoms with E-state index in [1.54, 1.807) is 11.8 Å². The maximum Gasteiger partial charge on any atom is 0.253 e. The van der Waals surface area contributed by atoms with Crippen molar-refractivity contribution in [3.63, 3.8) is 0 Å². The van der Waals surface area contributed by atoms with Crippen LogP contribution in [0.4, 0.5) is 0 Å². The van der Waals surface area contributed by atoms with Gasteiger partial charge in [-0.3, -0.25) is 9.59 Å². The second-order valence-corrected chi connectivity index (χ2v) is 9.44. The van der Waals surface area contributed by atoms with E-state index >= 15 is 0 Å². The van der Waals surface area contributed by atoms with Gasteiger partial charge < -0.3 is 9.80 Å². The fourth-order valence-corrected chi connectivity index (χ4v) is 5.35. The van der Waals surface area contributed by atoms with E-state index in [4.69, 9.17) is 11.6 Å². The lowest BCUT2D eigenvalue weighted by Gasteiger charge is -2.31. The highest BCUT2D eigenvalue weighted by atomic mass is 35.5. The Morgan fingerprint density at radius 1 is 1.14 bits per heavy atom. The van der Waals surface area contributed by atoms with E-state index in [0.29, 0.717) is 23.2 Å². The second-order valence-electron chi connectivity index (χ2n) is 7.93. The molecule has 4 rings (SSSR count). The highest BCUT2D eigenvalue weighted by Gasteiger charge is 2.33. The summed E-state index contributed by atoms with van der Waals surface area (Å²) in [5.74, 6) is 1.29. The highest BCUT2D eigenvalue weighted by molar-refractivity contribution is 8.00. The van der Waals surface area contributed by atoms with Crippen LogP contribution >= 0.6 is 23.4 Å². The Hall–Kier alpha value is -1.98. The molecule has 2 fully saturated rings. The van der Waals surface area contributed by atoms with E-state index in [9.17, 15) is 9.59 Å². The summed E-state index contributed by atoms with van der Waals surface area (Å²) in [7, 11) is 0. The third kappa shape index (κ3) is 4.62. The van der Waals surface area contributed by atoms with Crippen molar-refractivity contribution < 1.29 is 9.59 Å². The number of hydrogen-bond donors (Lipinski definition) is 0. The van der Waals surface area contributed by atoms with Crippen LogP contribution in [0.2, 0.25) is 5.02 Å². The summed E-state index contributed by atoms with van der Waals surface area (Å²) < 4.78 is 0. The molecule has 2 aromatic rings. The Labute approximate surface area is 181 Å². The van der Waals surface area contributed by atoms with Crippen LogP contribution < -0.4 is 0 Å². The van der Waals surface area contributed by atoms with Gasteiger partial charge in [-0.1, -0.05) is 42.8 Å². The molecule has 29 heavy (non-hydrogen) atoms. The van der Waals surface area contributed by atoms with Crippen LogP contribution in [0.15, 0.2) is 48.5 Å². The predicted molar refractivity (Wildman–Crippen MR) is 118 cm³/mol. The number of benzene rings is 2. The van der Waals surface area contributed by atoms with Gasteiger partial charge in [-0.2, -0.15) is 0 Å². The Morgan fingerprint density at radius 2 is 1.86 bits per heavy atom. The van der Waals surface area contributed by atoms with E-state index in [-0.39, 0.29) is 17.2 Å². The van der Waals surface area contributed by atoms with Crippen molar-refractivity contribution in [3.8, 4) is 0 Å². The van der Waals surface area contributed by atoms with Gasteiger partial charge in [-0.05, 0) is 54.2 Å². The zero-order valence-electron chi connectivity index (χ0n) is 16.5. The van der Waals surface area contributed by atoms with Crippen molar-refractivity contribution in [2.75, 3.05) is 18.8 Å². The van der Waals surface area contributed by atoms with Crippen molar-refractivity contribution in [2.24, 2.45) is 5.92 Å². The van der Waals surface area contributed by atoms with Crippen molar-refractivity contribution in [1.82, 2.24) is 9.80 Å². The molecule has 0 N–H and O–H groups in total. The van der Waals surface area contributed by atoms with Crippen LogP contribution in [0.3, 0.4) is 0 Å². The summed E-state index contributed by atoms with van der Waals surface area (Å²) >= 11 is 7.60. The van der Waals surface area contributed by atoms with Crippen LogP contribution in [0.25, 0.3) is 0 Å². The molecule has 0 unspecified atom stereocenters. The van der Waals surface area contributed by atoms with Gasteiger partial charge in [0.05, 0.1) is 5.75 Å². The van der Waals surface area contributed by atoms with Crippen LogP contribution in [-0.2, 0) is 11.3 Å². The molecule has 2 aromatic carbocycles. The number of carbonyl (C=O) groups is 2. The Kier molecular flexibility index (Phi) is 6.16. The van der Waals surface area contributed by atoms with E-state index in [1.807, 2.05) is 58.3 Å². The number of likely N-dealkylation sites (tertiary alicyclic amines) is 1. The van der Waals surface area contributed by atoms with E-state index in [2.05, 4.69) is 6.92 Å². The molecular weight excluding hydrogens is 404 g/mol. The number of thioether (sulfide) groups is 1. The maximum atomic E-state index is 12.8. The molecule has 2 saturated heterocycles. The number of hydrogen-bond acceptors (Lipinski definition) is 3. The standard InChI is InChI=1S/C23H25ClN2O2S/c1-16-3-2-12-25(13-16)22(28)18-6-8-19(9-7-18)23-26(21(27)15-29-23)14-17-4-10-20(24)11-5-17/h4-11,16,23H,2-3,12-15H2,1H3/t16-,23+/m0/s1. The molecule has 0 saturated carbocycles. The lowest BCUT2D eigenvalue weighted by atomic mass is 9.99. The van der Waals surface area contributed by atoms with E-state index in [1.165, 1.54) is 6.42 Å². The molecule has 6 heteroatoms. The summed E-state index contributed by atoms with van der Waals surface area (Å²) in [5.41, 5.74) is 2.83. The minimum Gasteiger partial charge on any atom is -0.338 e. The van der Waals surface area contributed by atoms with Crippen molar-refractivity contribution in [1.29, 1.82) is 0 Å². The Bertz CT molecular complexity index is 885. The zero-order chi connectivity index (χ0) is 20.4. The van der Waals surface area contributed by atoms with Gasteiger partial charge >= 0.3 is 0 Å². The molecule has 2 heterocycles. The number of rotatable bonds is 4. The molecule has 0 radical (unpaired) electrons. The number of piperidine rings is 1. The summed E-state index contributed by atoms with van der Waals surface area (Å²) in [6.07, 6.45) is 2.27. The Morgan fingerprint density at radius 3 is 2.55 bits per heavy atom. The molecule has 0 spiro atoms. The first-order valence-corrected chi connectivity index (χ1v) is 11.5. The number of carbonyl (C=O) groups excluding carboxylic acids is 2. The largest absolute Gasteiger partial charge is 0.338 e. The summed E-state index contributed by atoms with van der Waals surface area (Å²) in [4.78, 5) is 29.1. The van der Waals surface area contributed by atoms with Gasteiger partial charge in [0.15, 0.2) is 0 Å². The number of nitrogens with zero attached hydrogens (tertiary/aromatic N) is 2. The first-order valence-electron chi connectivity index (χ1n) is 10.1. The molecule has 2 atom stereocenters. The van der Waals surface area contributed by atoms with Crippen LogP contribution in [0, 0.1) is 5.92 Å². The summed E-state index contributed by atoms with van der Waals surface area (Å²) in [5, 5.41) is 0.660. The first-order chi connectivity index (χ1) is 14.0. The van der Waals surface area contributed by atoms with Gasteiger partial charge in [0, 0.05) is 30.2 Å².